The van der Waals surface area contributed by atoms with Crippen LogP contribution in [0.5, 0.6) is 0 Å². The summed E-state index contributed by atoms with van der Waals surface area (Å²) in [5, 5.41) is 1.49. The van der Waals surface area contributed by atoms with E-state index in [1.165, 1.54) is 4.90 Å². The molecule has 2 N–H and O–H groups in total. The first-order valence-electron chi connectivity index (χ1n) is 13.5. The average molecular weight is 724 g/mol. The zero-order chi connectivity index (χ0) is 32.6. The van der Waals surface area contributed by atoms with Gasteiger partial charge in [-0.05, 0) is 38.2 Å². The monoisotopic (exact) mass is 722 g/mol. The Morgan fingerprint density at radius 3 is 2.30 bits per heavy atom. The number of nitrogens with one attached hydrogen (secondary N) is 2. The van der Waals surface area contributed by atoms with E-state index in [0.29, 0.717) is 0 Å². The highest BCUT2D eigenvalue weighted by Gasteiger charge is 2.42. The van der Waals surface area contributed by atoms with E-state index in [2.05, 4.69) is 10.3 Å². The normalized spacial score (nSPS) is 19.1. The highest BCUT2D eigenvalue weighted by Crippen LogP contribution is 2.42. The van der Waals surface area contributed by atoms with Crippen LogP contribution in [0.15, 0.2) is 17.0 Å². The van der Waals surface area contributed by atoms with Gasteiger partial charge in [0.15, 0.2) is 5.01 Å². The maximum Gasteiger partial charge on any atom is 0.404 e. The number of carbonyl (C=O) groups excluding carboxylic acids is 2. The fourth-order valence-electron chi connectivity index (χ4n) is 4.77. The molecule has 4 rings (SSSR count). The standard InChI is InChI=1S/C25H28Cl2F4N4O6S3/c1-2-17(25(29,30)31)34-44(40,41)16-4-3-15(18(26)19(16)27)21-20(24(37)35-9-5-13(28)6-10-35)33-23(42-21)22(36)32-14-7-11-43(38,39)12-8-14/h3-4,13-14,17,34H,2,5-12H2,1H3,(H,32,36)/t17-/m0/s1. The highest BCUT2D eigenvalue weighted by molar-refractivity contribution is 7.91. The number of likely N-dealkylation sites (tertiary alicyclic amines) is 1. The van der Waals surface area contributed by atoms with Crippen LogP contribution in [0.3, 0.4) is 0 Å². The first-order chi connectivity index (χ1) is 20.4. The Balaban J connectivity index is 1.71. The molecule has 0 spiro atoms. The van der Waals surface area contributed by atoms with E-state index in [0.717, 1.165) is 30.4 Å². The van der Waals surface area contributed by atoms with E-state index in [4.69, 9.17) is 23.2 Å². The zero-order valence-corrected chi connectivity index (χ0v) is 27.0. The van der Waals surface area contributed by atoms with Crippen LogP contribution in [-0.2, 0) is 19.9 Å². The lowest BCUT2D eigenvalue weighted by Crippen LogP contribution is -2.44. The van der Waals surface area contributed by atoms with Crippen LogP contribution in [0.2, 0.25) is 10.0 Å². The predicted octanol–water partition coefficient (Wildman–Crippen LogP) is 4.62. The lowest BCUT2D eigenvalue weighted by atomic mass is 10.1. The van der Waals surface area contributed by atoms with Crippen molar-refractivity contribution in [3.05, 3.63) is 32.9 Å². The summed E-state index contributed by atoms with van der Waals surface area (Å²) in [6.07, 6.45) is -5.98. The molecule has 10 nitrogen and oxygen atoms in total. The number of nitrogens with zero attached hydrogens (tertiary/aromatic N) is 2. The van der Waals surface area contributed by atoms with Crippen molar-refractivity contribution in [2.24, 2.45) is 0 Å². The summed E-state index contributed by atoms with van der Waals surface area (Å²) in [5.41, 5.74) is -0.249. The molecule has 2 aliphatic heterocycles. The van der Waals surface area contributed by atoms with Crippen molar-refractivity contribution < 1.29 is 44.0 Å². The number of alkyl halides is 4. The Hall–Kier alpha value is -2.05. The summed E-state index contributed by atoms with van der Waals surface area (Å²) < 4.78 is 104. The van der Waals surface area contributed by atoms with Crippen LogP contribution in [0.4, 0.5) is 17.6 Å². The minimum Gasteiger partial charge on any atom is -0.347 e. The van der Waals surface area contributed by atoms with Crippen LogP contribution in [0, 0.1) is 0 Å². The van der Waals surface area contributed by atoms with E-state index in [-0.39, 0.29) is 71.4 Å². The third-order valence-corrected chi connectivity index (χ3v) is 12.6. The van der Waals surface area contributed by atoms with Gasteiger partial charge in [-0.25, -0.2) is 26.2 Å². The van der Waals surface area contributed by atoms with Gasteiger partial charge >= 0.3 is 6.18 Å². The molecular formula is C25H28Cl2F4N4O6S3. The summed E-state index contributed by atoms with van der Waals surface area (Å²) in [6.45, 7) is 1.30. The molecule has 244 valence electrons. The number of aromatic nitrogens is 1. The number of benzene rings is 1. The van der Waals surface area contributed by atoms with E-state index in [1.807, 2.05) is 0 Å². The predicted molar refractivity (Wildman–Crippen MR) is 157 cm³/mol. The highest BCUT2D eigenvalue weighted by atomic mass is 35.5. The molecule has 44 heavy (non-hydrogen) atoms. The summed E-state index contributed by atoms with van der Waals surface area (Å²) in [4.78, 5) is 31.6. The summed E-state index contributed by atoms with van der Waals surface area (Å²) >= 11 is 13.5. The SMILES string of the molecule is CC[C@H](NS(=O)(=O)c1ccc(-c2sc(C(=O)NC3CCS(=O)(=O)CC3)nc2C(=O)N2CCC(F)CC2)c(Cl)c1Cl)C(F)(F)F. The van der Waals surface area contributed by atoms with Gasteiger partial charge < -0.3 is 10.2 Å². The molecule has 1 aromatic heterocycles. The number of sulfone groups is 1. The van der Waals surface area contributed by atoms with Gasteiger partial charge in [-0.15, -0.1) is 11.3 Å². The van der Waals surface area contributed by atoms with Gasteiger partial charge in [-0.1, -0.05) is 36.2 Å². The number of amides is 2. The van der Waals surface area contributed by atoms with Crippen LogP contribution >= 0.6 is 34.5 Å². The lowest BCUT2D eigenvalue weighted by molar-refractivity contribution is -0.151. The van der Waals surface area contributed by atoms with Crippen molar-refractivity contribution >= 4 is 66.2 Å². The smallest absolute Gasteiger partial charge is 0.347 e. The largest absolute Gasteiger partial charge is 0.404 e. The molecule has 19 heteroatoms. The second-order valence-corrected chi connectivity index (χ2v) is 16.2. The molecule has 3 heterocycles. The Morgan fingerprint density at radius 1 is 1.11 bits per heavy atom. The molecule has 2 aliphatic rings. The van der Waals surface area contributed by atoms with E-state index < -0.39 is 77.5 Å². The van der Waals surface area contributed by atoms with Gasteiger partial charge in [0, 0.05) is 24.7 Å². The fourth-order valence-corrected chi connectivity index (χ4v) is 9.48. The van der Waals surface area contributed by atoms with Crippen molar-refractivity contribution in [1.82, 2.24) is 19.9 Å². The van der Waals surface area contributed by atoms with Crippen LogP contribution in [0.1, 0.15) is 59.3 Å². The number of thiazole rings is 1. The molecule has 2 aromatic rings. The number of rotatable bonds is 8. The second-order valence-electron chi connectivity index (χ2n) is 10.4. The molecule has 2 fully saturated rings. The van der Waals surface area contributed by atoms with Gasteiger partial charge in [0.25, 0.3) is 11.8 Å². The minimum atomic E-state index is -4.87. The molecule has 2 amide bonds. The number of hydrogen-bond acceptors (Lipinski definition) is 8. The minimum absolute atomic E-state index is 0.0116. The summed E-state index contributed by atoms with van der Waals surface area (Å²) in [5.74, 6) is -1.54. The van der Waals surface area contributed by atoms with E-state index in [9.17, 15) is 44.0 Å². The van der Waals surface area contributed by atoms with Crippen LogP contribution in [0.25, 0.3) is 10.4 Å². The molecule has 0 bridgehead atoms. The van der Waals surface area contributed by atoms with Gasteiger partial charge in [-0.3, -0.25) is 9.59 Å². The molecule has 1 aromatic carbocycles. The van der Waals surface area contributed by atoms with E-state index >= 15 is 0 Å². The van der Waals surface area contributed by atoms with Gasteiger partial charge in [0.1, 0.15) is 32.6 Å². The van der Waals surface area contributed by atoms with Crippen molar-refractivity contribution in [2.45, 2.75) is 68.4 Å². The second kappa shape index (κ2) is 13.4. The van der Waals surface area contributed by atoms with Gasteiger partial charge in [0.2, 0.25) is 10.0 Å². The maximum absolute atomic E-state index is 13.8. The molecule has 0 radical (unpaired) electrons. The van der Waals surface area contributed by atoms with Crippen LogP contribution in [-0.4, -0.2) is 87.6 Å². The molecular weight excluding hydrogens is 695 g/mol. The van der Waals surface area contributed by atoms with Crippen molar-refractivity contribution in [1.29, 1.82) is 0 Å². The lowest BCUT2D eigenvalue weighted by Gasteiger charge is -2.28. The average Bonchev–Trinajstić information content (AvgIpc) is 3.39. The summed E-state index contributed by atoms with van der Waals surface area (Å²) in [7, 11) is -8.00. The van der Waals surface area contributed by atoms with Crippen molar-refractivity contribution in [3.63, 3.8) is 0 Å². The van der Waals surface area contributed by atoms with Gasteiger partial charge in [0.05, 0.1) is 26.4 Å². The third kappa shape index (κ3) is 7.84. The van der Waals surface area contributed by atoms with E-state index in [1.54, 1.807) is 4.72 Å². The van der Waals surface area contributed by atoms with Crippen molar-refractivity contribution in [3.8, 4) is 10.4 Å². The first-order valence-corrected chi connectivity index (χ1v) is 18.3. The topological polar surface area (TPSA) is 143 Å². The molecule has 0 saturated carbocycles. The molecule has 1 atom stereocenters. The van der Waals surface area contributed by atoms with Gasteiger partial charge in [-0.2, -0.15) is 17.9 Å². The number of piperidine rings is 1. The fraction of sp³-hybridized carbons (Fsp3) is 0.560. The number of carbonyl (C=O) groups is 2. The Morgan fingerprint density at radius 2 is 1.73 bits per heavy atom. The third-order valence-electron chi connectivity index (χ3n) is 7.31. The Labute approximate surface area is 265 Å². The number of hydrogen-bond donors (Lipinski definition) is 2. The Bertz CT molecular complexity index is 1630. The number of sulfonamides is 1. The summed E-state index contributed by atoms with van der Waals surface area (Å²) in [6, 6.07) is -0.769. The molecule has 0 unspecified atom stereocenters. The number of halogens is 6. The Kier molecular flexibility index (Phi) is 10.6. The zero-order valence-electron chi connectivity index (χ0n) is 23.1. The molecule has 2 saturated heterocycles. The van der Waals surface area contributed by atoms with Crippen molar-refractivity contribution in [2.75, 3.05) is 24.6 Å². The first kappa shape index (κ1) is 34.8. The quantitative estimate of drug-likeness (QED) is 0.379. The molecule has 0 aliphatic carbocycles. The maximum atomic E-state index is 13.8. The van der Waals surface area contributed by atoms with Crippen LogP contribution < -0.4 is 10.0 Å².